The van der Waals surface area contributed by atoms with E-state index in [2.05, 4.69) is 8.92 Å². The van der Waals surface area contributed by atoms with Crippen molar-refractivity contribution in [2.24, 2.45) is 0 Å². The highest BCUT2D eigenvalue weighted by atomic mass is 32.2. The van der Waals surface area contributed by atoms with Crippen LogP contribution in [-0.4, -0.2) is 21.5 Å². The second-order valence-electron chi connectivity index (χ2n) is 4.13. The fraction of sp³-hybridized carbons (Fsp3) is 0.0714. The summed E-state index contributed by atoms with van der Waals surface area (Å²) in [5.74, 6) is -3.26. The number of carbonyl (C=O) groups is 1. The van der Waals surface area contributed by atoms with E-state index in [4.69, 9.17) is 0 Å². The normalized spacial score (nSPS) is 11.0. The summed E-state index contributed by atoms with van der Waals surface area (Å²) in [4.78, 5) is 11.0. The molecule has 0 aliphatic heterocycles. The summed E-state index contributed by atoms with van der Waals surface area (Å²) in [6, 6.07) is 6.92. The molecule has 0 fully saturated rings. The number of hydrogen-bond acceptors (Lipinski definition) is 5. The van der Waals surface area contributed by atoms with Gasteiger partial charge in [-0.3, -0.25) is 0 Å². The first-order chi connectivity index (χ1) is 10.3. The van der Waals surface area contributed by atoms with E-state index in [0.717, 1.165) is 24.3 Å². The van der Waals surface area contributed by atoms with Crippen LogP contribution >= 0.6 is 0 Å². The fourth-order valence-corrected chi connectivity index (χ4v) is 2.52. The van der Waals surface area contributed by atoms with Gasteiger partial charge in [-0.25, -0.2) is 13.6 Å². The number of methoxy groups -OCH3 is 1. The Morgan fingerprint density at radius 3 is 2.23 bits per heavy atom. The Balaban J connectivity index is 2.28. The summed E-state index contributed by atoms with van der Waals surface area (Å²) < 4.78 is 59.3. The number of carbonyl (C=O) groups excluding carboxylic acids is 1. The first-order valence-corrected chi connectivity index (χ1v) is 7.32. The van der Waals surface area contributed by atoms with E-state index >= 15 is 0 Å². The predicted molar refractivity (Wildman–Crippen MR) is 72.0 cm³/mol. The lowest BCUT2D eigenvalue weighted by Crippen LogP contribution is -2.11. The third-order valence-electron chi connectivity index (χ3n) is 2.66. The maximum absolute atomic E-state index is 13.4. The molecule has 0 aliphatic carbocycles. The van der Waals surface area contributed by atoms with Gasteiger partial charge in [0.1, 0.15) is 10.7 Å². The van der Waals surface area contributed by atoms with Crippen LogP contribution < -0.4 is 4.18 Å². The molecule has 0 aliphatic rings. The van der Waals surface area contributed by atoms with Crippen LogP contribution in [0, 0.1) is 11.6 Å². The molecule has 0 amide bonds. The van der Waals surface area contributed by atoms with Crippen LogP contribution in [0.3, 0.4) is 0 Å². The van der Waals surface area contributed by atoms with E-state index < -0.39 is 33.5 Å². The van der Waals surface area contributed by atoms with Crippen LogP contribution in [-0.2, 0) is 14.9 Å². The van der Waals surface area contributed by atoms with Crippen molar-refractivity contribution >= 4 is 16.1 Å². The van der Waals surface area contributed by atoms with E-state index in [1.165, 1.54) is 19.2 Å². The molecular formula is C14H10F2O5S. The van der Waals surface area contributed by atoms with Crippen molar-refractivity contribution in [2.45, 2.75) is 4.90 Å². The number of hydrogen-bond donors (Lipinski definition) is 0. The van der Waals surface area contributed by atoms with Crippen LogP contribution in [0.5, 0.6) is 5.75 Å². The number of rotatable bonds is 4. The Bertz CT molecular complexity index is 800. The lowest BCUT2D eigenvalue weighted by atomic mass is 10.2. The van der Waals surface area contributed by atoms with Crippen LogP contribution in [0.25, 0.3) is 0 Å². The van der Waals surface area contributed by atoms with Gasteiger partial charge < -0.3 is 8.92 Å². The first kappa shape index (κ1) is 15.9. The Morgan fingerprint density at radius 1 is 1.05 bits per heavy atom. The monoisotopic (exact) mass is 328 g/mol. The second-order valence-corrected chi connectivity index (χ2v) is 5.67. The number of benzene rings is 2. The van der Waals surface area contributed by atoms with Crippen molar-refractivity contribution < 1.29 is 30.9 Å². The van der Waals surface area contributed by atoms with E-state index in [-0.39, 0.29) is 10.5 Å². The van der Waals surface area contributed by atoms with Gasteiger partial charge in [0.2, 0.25) is 0 Å². The van der Waals surface area contributed by atoms with Crippen molar-refractivity contribution in [1.82, 2.24) is 0 Å². The molecule has 0 N–H and O–H groups in total. The molecule has 0 bridgehead atoms. The van der Waals surface area contributed by atoms with Gasteiger partial charge in [-0.1, -0.05) is 0 Å². The van der Waals surface area contributed by atoms with Gasteiger partial charge in [0, 0.05) is 6.07 Å². The topological polar surface area (TPSA) is 69.7 Å². The molecule has 0 heterocycles. The highest BCUT2D eigenvalue weighted by molar-refractivity contribution is 7.87. The van der Waals surface area contributed by atoms with Crippen LogP contribution in [0.15, 0.2) is 47.4 Å². The third-order valence-corrected chi connectivity index (χ3v) is 3.91. The van der Waals surface area contributed by atoms with Gasteiger partial charge in [-0.05, 0) is 36.4 Å². The van der Waals surface area contributed by atoms with Gasteiger partial charge in [-0.15, -0.1) is 0 Å². The number of halogens is 2. The Hall–Kier alpha value is -2.48. The summed E-state index contributed by atoms with van der Waals surface area (Å²) in [6.07, 6.45) is 0. The summed E-state index contributed by atoms with van der Waals surface area (Å²) in [5.41, 5.74) is 0.148. The maximum Gasteiger partial charge on any atom is 0.339 e. The molecule has 0 atom stereocenters. The van der Waals surface area contributed by atoms with Gasteiger partial charge >= 0.3 is 16.1 Å². The predicted octanol–water partition coefficient (Wildman–Crippen LogP) is 2.52. The first-order valence-electron chi connectivity index (χ1n) is 5.91. The van der Waals surface area contributed by atoms with E-state index in [1.54, 1.807) is 0 Å². The van der Waals surface area contributed by atoms with E-state index in [1.807, 2.05) is 0 Å². The highest BCUT2D eigenvalue weighted by Gasteiger charge is 2.19. The second kappa shape index (κ2) is 6.10. The average molecular weight is 328 g/mol. The zero-order valence-corrected chi connectivity index (χ0v) is 12.1. The summed E-state index contributed by atoms with van der Waals surface area (Å²) in [5, 5.41) is 0. The maximum atomic E-state index is 13.4. The zero-order chi connectivity index (χ0) is 16.3. The molecule has 8 heteroatoms. The fourth-order valence-electron chi connectivity index (χ4n) is 1.58. The summed E-state index contributed by atoms with van der Waals surface area (Å²) >= 11 is 0. The molecule has 0 saturated heterocycles. The standard InChI is InChI=1S/C14H10F2O5S/c1-20-14(17)9-2-5-11(6-3-9)22(18,19)21-13-7-4-10(15)8-12(13)16/h2-8H,1H3. The quantitative estimate of drug-likeness (QED) is 0.637. The molecule has 0 aromatic heterocycles. The van der Waals surface area contributed by atoms with Gasteiger partial charge in [0.25, 0.3) is 0 Å². The minimum absolute atomic E-state index is 0.148. The van der Waals surface area contributed by atoms with Crippen molar-refractivity contribution in [3.8, 4) is 5.75 Å². The molecule has 0 spiro atoms. The van der Waals surface area contributed by atoms with E-state index in [0.29, 0.717) is 6.07 Å². The van der Waals surface area contributed by atoms with Crippen molar-refractivity contribution in [1.29, 1.82) is 0 Å². The van der Waals surface area contributed by atoms with Crippen LogP contribution in [0.1, 0.15) is 10.4 Å². The number of ether oxygens (including phenoxy) is 1. The van der Waals surface area contributed by atoms with Crippen molar-refractivity contribution in [3.05, 3.63) is 59.7 Å². The summed E-state index contributed by atoms with van der Waals surface area (Å²) in [6.45, 7) is 0. The average Bonchev–Trinajstić information content (AvgIpc) is 2.49. The molecule has 5 nitrogen and oxygen atoms in total. The lowest BCUT2D eigenvalue weighted by Gasteiger charge is -2.08. The van der Waals surface area contributed by atoms with Gasteiger partial charge in [0.05, 0.1) is 12.7 Å². The van der Waals surface area contributed by atoms with Crippen LogP contribution in [0.2, 0.25) is 0 Å². The zero-order valence-electron chi connectivity index (χ0n) is 11.2. The minimum atomic E-state index is -4.31. The SMILES string of the molecule is COC(=O)c1ccc(S(=O)(=O)Oc2ccc(F)cc2F)cc1. The minimum Gasteiger partial charge on any atom is -0.465 e. The van der Waals surface area contributed by atoms with Crippen molar-refractivity contribution in [3.63, 3.8) is 0 Å². The van der Waals surface area contributed by atoms with E-state index in [9.17, 15) is 22.0 Å². The van der Waals surface area contributed by atoms with Crippen LogP contribution in [0.4, 0.5) is 8.78 Å². The molecule has 0 unspecified atom stereocenters. The molecule has 2 rings (SSSR count). The Kier molecular flexibility index (Phi) is 4.41. The number of esters is 1. The molecule has 116 valence electrons. The lowest BCUT2D eigenvalue weighted by molar-refractivity contribution is 0.0600. The molecular weight excluding hydrogens is 318 g/mol. The smallest absolute Gasteiger partial charge is 0.339 e. The summed E-state index contributed by atoms with van der Waals surface area (Å²) in [7, 11) is -3.12. The highest BCUT2D eigenvalue weighted by Crippen LogP contribution is 2.23. The molecule has 22 heavy (non-hydrogen) atoms. The Labute approximate surface area is 125 Å². The Morgan fingerprint density at radius 2 is 1.68 bits per heavy atom. The third kappa shape index (κ3) is 3.40. The molecule has 0 radical (unpaired) electrons. The van der Waals surface area contributed by atoms with Gasteiger partial charge in [-0.2, -0.15) is 8.42 Å². The molecule has 0 saturated carbocycles. The van der Waals surface area contributed by atoms with Gasteiger partial charge in [0.15, 0.2) is 11.6 Å². The van der Waals surface area contributed by atoms with Crippen molar-refractivity contribution in [2.75, 3.05) is 7.11 Å². The largest absolute Gasteiger partial charge is 0.465 e. The molecule has 2 aromatic carbocycles. The molecule has 2 aromatic rings.